The maximum atomic E-state index is 14.9. The number of aromatic hydroxyl groups is 3. The van der Waals surface area contributed by atoms with Gasteiger partial charge < -0.3 is 15.3 Å². The summed E-state index contributed by atoms with van der Waals surface area (Å²) in [5.41, 5.74) is 2.31. The molecule has 1 heterocycles. The third-order valence-corrected chi connectivity index (χ3v) is 10.5. The fraction of sp³-hybridized carbons (Fsp3) is 0.533. The fourth-order valence-corrected chi connectivity index (χ4v) is 7.17. The van der Waals surface area contributed by atoms with E-state index in [2.05, 4.69) is 41.5 Å². The molecule has 3 N–H and O–H groups in total. The summed E-state index contributed by atoms with van der Waals surface area (Å²) in [7, 11) is 0. The van der Waals surface area contributed by atoms with Crippen molar-refractivity contribution < 1.29 is 15.3 Å². The van der Waals surface area contributed by atoms with Crippen LogP contribution in [0.1, 0.15) is 152 Å². The number of phenolic OH excluding ortho intramolecular Hbond substituents is 3. The van der Waals surface area contributed by atoms with Gasteiger partial charge >= 0.3 is 17.1 Å². The van der Waals surface area contributed by atoms with Crippen LogP contribution < -0.4 is 17.1 Å². The quantitative estimate of drug-likeness (QED) is 0.0782. The highest BCUT2D eigenvalue weighted by Crippen LogP contribution is 2.32. The van der Waals surface area contributed by atoms with Crippen molar-refractivity contribution in [2.75, 3.05) is 0 Å². The van der Waals surface area contributed by atoms with Crippen LogP contribution in [0.3, 0.4) is 0 Å². The Morgan fingerprint density at radius 2 is 0.519 bits per heavy atom. The van der Waals surface area contributed by atoms with Gasteiger partial charge in [-0.1, -0.05) is 80.1 Å². The Bertz CT molecular complexity index is 1700. The number of aryl methyl sites for hydroxylation is 6. The molecule has 0 aliphatic heterocycles. The third kappa shape index (κ3) is 9.57. The van der Waals surface area contributed by atoms with Crippen LogP contribution in [0.2, 0.25) is 0 Å². The molecule has 0 bridgehead atoms. The molecule has 0 amide bonds. The highest BCUT2D eigenvalue weighted by molar-refractivity contribution is 5.53. The summed E-state index contributed by atoms with van der Waals surface area (Å²) in [6, 6.07) is 10.2. The first kappa shape index (κ1) is 42.2. The first-order valence-electron chi connectivity index (χ1n) is 20.6. The SMILES string of the molecule is CCCCc1cc(-n2c(=O)n(-c3cc(CCCC)c(O)c(CCCC)c3)c(=O)n(-c3cc(CCCC)c(O)c(CCCC)c3)c2=O)cc(CCCC)c1O. The van der Waals surface area contributed by atoms with Crippen LogP contribution in [-0.2, 0) is 38.5 Å². The molecule has 0 radical (unpaired) electrons. The monoisotopic (exact) mass is 741 g/mol. The fourth-order valence-electron chi connectivity index (χ4n) is 7.17. The van der Waals surface area contributed by atoms with E-state index in [0.29, 0.717) is 71.9 Å². The molecular weight excluding hydrogens is 679 g/mol. The second-order valence-corrected chi connectivity index (χ2v) is 14.8. The van der Waals surface area contributed by atoms with Gasteiger partial charge in [-0.05, 0) is 147 Å². The normalized spacial score (nSPS) is 11.4. The molecule has 0 fully saturated rings. The second kappa shape index (κ2) is 20.2. The minimum atomic E-state index is -0.820. The van der Waals surface area contributed by atoms with Crippen molar-refractivity contribution in [3.63, 3.8) is 0 Å². The molecule has 0 aliphatic carbocycles. The Morgan fingerprint density at radius 3 is 0.667 bits per heavy atom. The van der Waals surface area contributed by atoms with E-state index in [9.17, 15) is 29.7 Å². The third-order valence-electron chi connectivity index (χ3n) is 10.5. The van der Waals surface area contributed by atoms with E-state index in [0.717, 1.165) is 90.8 Å². The molecule has 0 unspecified atom stereocenters. The zero-order valence-corrected chi connectivity index (χ0v) is 33.6. The number of aromatic nitrogens is 3. The Balaban J connectivity index is 2.20. The average Bonchev–Trinajstić information content (AvgIpc) is 3.16. The molecule has 9 heteroatoms. The Morgan fingerprint density at radius 1 is 0.352 bits per heavy atom. The summed E-state index contributed by atoms with van der Waals surface area (Å²) >= 11 is 0. The van der Waals surface area contributed by atoms with Crippen LogP contribution in [0.5, 0.6) is 17.2 Å². The minimum absolute atomic E-state index is 0.182. The lowest BCUT2D eigenvalue weighted by Crippen LogP contribution is -2.53. The van der Waals surface area contributed by atoms with E-state index in [1.165, 1.54) is 0 Å². The molecule has 0 saturated carbocycles. The predicted octanol–water partition coefficient (Wildman–Crippen LogP) is 9.31. The molecule has 9 nitrogen and oxygen atoms in total. The van der Waals surface area contributed by atoms with E-state index in [1.807, 2.05) is 0 Å². The first-order valence-corrected chi connectivity index (χ1v) is 20.6. The molecule has 54 heavy (non-hydrogen) atoms. The Hall–Kier alpha value is -4.53. The molecule has 4 aromatic rings. The van der Waals surface area contributed by atoms with Crippen LogP contribution in [0.25, 0.3) is 17.1 Å². The van der Waals surface area contributed by atoms with Crippen molar-refractivity contribution >= 4 is 0 Å². The molecular formula is C45H63N3O6. The highest BCUT2D eigenvalue weighted by Gasteiger charge is 2.24. The minimum Gasteiger partial charge on any atom is -0.507 e. The van der Waals surface area contributed by atoms with E-state index < -0.39 is 17.1 Å². The molecule has 0 aliphatic rings. The van der Waals surface area contributed by atoms with E-state index in [-0.39, 0.29) is 34.3 Å². The maximum Gasteiger partial charge on any atom is 0.345 e. The van der Waals surface area contributed by atoms with E-state index >= 15 is 0 Å². The number of nitrogens with zero attached hydrogens (tertiary/aromatic N) is 3. The van der Waals surface area contributed by atoms with Crippen molar-refractivity contribution in [3.8, 4) is 34.3 Å². The first-order chi connectivity index (χ1) is 26.1. The summed E-state index contributed by atoms with van der Waals surface area (Å²) in [6.45, 7) is 12.4. The largest absolute Gasteiger partial charge is 0.507 e. The molecule has 0 atom stereocenters. The number of phenols is 3. The highest BCUT2D eigenvalue weighted by atomic mass is 16.3. The van der Waals surface area contributed by atoms with Gasteiger partial charge in [0.2, 0.25) is 0 Å². The number of hydrogen-bond donors (Lipinski definition) is 3. The van der Waals surface area contributed by atoms with Gasteiger partial charge in [0.25, 0.3) is 0 Å². The Kier molecular flexibility index (Phi) is 15.8. The summed E-state index contributed by atoms with van der Waals surface area (Å²) in [5, 5.41) is 34.0. The summed E-state index contributed by atoms with van der Waals surface area (Å²) in [6.07, 6.45) is 13.7. The lowest BCUT2D eigenvalue weighted by Gasteiger charge is -2.20. The van der Waals surface area contributed by atoms with Crippen molar-refractivity contribution in [2.45, 2.75) is 157 Å². The number of rotatable bonds is 21. The van der Waals surface area contributed by atoms with Crippen LogP contribution in [0.4, 0.5) is 0 Å². The smallest absolute Gasteiger partial charge is 0.345 e. The van der Waals surface area contributed by atoms with Crippen molar-refractivity contribution in [3.05, 3.63) is 101 Å². The second-order valence-electron chi connectivity index (χ2n) is 14.8. The molecule has 294 valence electrons. The topological polar surface area (TPSA) is 127 Å². The van der Waals surface area contributed by atoms with Crippen LogP contribution in [-0.4, -0.2) is 29.0 Å². The number of unbranched alkanes of at least 4 members (excludes halogenated alkanes) is 6. The van der Waals surface area contributed by atoms with Crippen LogP contribution >= 0.6 is 0 Å². The van der Waals surface area contributed by atoms with Crippen LogP contribution in [0, 0.1) is 0 Å². The summed E-state index contributed by atoms with van der Waals surface area (Å²) in [4.78, 5) is 44.7. The summed E-state index contributed by atoms with van der Waals surface area (Å²) in [5.74, 6) is 0.546. The average molecular weight is 742 g/mol. The van der Waals surface area contributed by atoms with Gasteiger partial charge in [0.05, 0.1) is 17.1 Å². The number of benzene rings is 3. The summed E-state index contributed by atoms with van der Waals surface area (Å²) < 4.78 is 3.17. The molecule has 0 saturated heterocycles. The Labute approximate surface area is 321 Å². The van der Waals surface area contributed by atoms with Gasteiger partial charge in [-0.25, -0.2) is 28.1 Å². The maximum absolute atomic E-state index is 14.9. The lowest BCUT2D eigenvalue weighted by atomic mass is 9.98. The van der Waals surface area contributed by atoms with Gasteiger partial charge in [0.1, 0.15) is 17.2 Å². The van der Waals surface area contributed by atoms with E-state index in [1.54, 1.807) is 36.4 Å². The van der Waals surface area contributed by atoms with Crippen molar-refractivity contribution in [1.29, 1.82) is 0 Å². The van der Waals surface area contributed by atoms with Crippen LogP contribution in [0.15, 0.2) is 50.8 Å². The molecule has 1 aromatic heterocycles. The standard InChI is InChI=1S/C45H63N3O6/c1-7-13-19-31-25-37(26-32(40(31)49)20-14-8-2)46-43(52)47(38-27-33(21-15-9-3)41(50)34(28-38)22-16-10-4)45(54)48(44(46)53)39-29-35(23-17-11-5)42(51)36(30-39)24-18-12-6/h25-30,49-51H,7-24H2,1-6H3. The molecule has 0 spiro atoms. The van der Waals surface area contributed by atoms with Gasteiger partial charge in [0.15, 0.2) is 0 Å². The van der Waals surface area contributed by atoms with Crippen molar-refractivity contribution in [2.24, 2.45) is 0 Å². The van der Waals surface area contributed by atoms with Gasteiger partial charge in [-0.2, -0.15) is 0 Å². The molecule has 4 rings (SSSR count). The van der Waals surface area contributed by atoms with Gasteiger partial charge in [-0.15, -0.1) is 0 Å². The van der Waals surface area contributed by atoms with Gasteiger partial charge in [0, 0.05) is 0 Å². The molecule has 3 aromatic carbocycles. The van der Waals surface area contributed by atoms with Crippen molar-refractivity contribution in [1.82, 2.24) is 13.7 Å². The van der Waals surface area contributed by atoms with Gasteiger partial charge in [-0.3, -0.25) is 0 Å². The lowest BCUT2D eigenvalue weighted by molar-refractivity contribution is 0.458. The predicted molar refractivity (Wildman–Crippen MR) is 220 cm³/mol. The number of hydrogen-bond acceptors (Lipinski definition) is 6. The zero-order chi connectivity index (χ0) is 39.4. The van der Waals surface area contributed by atoms with E-state index in [4.69, 9.17) is 0 Å². The zero-order valence-electron chi connectivity index (χ0n) is 33.6.